The molecule has 6 nitrogen and oxygen atoms in total. The normalized spacial score (nSPS) is 10.9. The minimum absolute atomic E-state index is 0.0102. The number of halogens is 1. The molecule has 0 heterocycles. The van der Waals surface area contributed by atoms with E-state index in [0.29, 0.717) is 33.8 Å². The lowest BCUT2D eigenvalue weighted by Crippen LogP contribution is -2.21. The Hall–Kier alpha value is -2.98. The third-order valence-corrected chi connectivity index (χ3v) is 5.22. The molecule has 7 heteroatoms. The van der Waals surface area contributed by atoms with Gasteiger partial charge in [-0.15, -0.1) is 0 Å². The number of benzene rings is 2. The number of carbonyl (C=O) groups excluding carboxylic acids is 1. The molecule has 2 aromatic carbocycles. The van der Waals surface area contributed by atoms with E-state index in [2.05, 4.69) is 40.0 Å². The van der Waals surface area contributed by atoms with E-state index in [1.165, 1.54) is 6.08 Å². The molecule has 0 saturated heterocycles. The topological polar surface area (TPSA) is 74.6 Å². The van der Waals surface area contributed by atoms with Crippen molar-refractivity contribution in [2.75, 3.05) is 37.0 Å². The first-order valence-corrected chi connectivity index (χ1v) is 11.0. The first-order chi connectivity index (χ1) is 15.0. The molecule has 0 saturated carbocycles. The van der Waals surface area contributed by atoms with E-state index >= 15 is 0 Å². The van der Waals surface area contributed by atoms with Gasteiger partial charge in [0.2, 0.25) is 0 Å². The summed E-state index contributed by atoms with van der Waals surface area (Å²) in [5.41, 5.74) is 2.35. The zero-order valence-electron chi connectivity index (χ0n) is 18.4. The van der Waals surface area contributed by atoms with Crippen molar-refractivity contribution in [2.45, 2.75) is 27.2 Å². The fourth-order valence-corrected chi connectivity index (χ4v) is 3.60. The van der Waals surface area contributed by atoms with E-state index in [4.69, 9.17) is 9.47 Å². The van der Waals surface area contributed by atoms with Crippen LogP contribution in [0.5, 0.6) is 11.5 Å². The van der Waals surface area contributed by atoms with Crippen molar-refractivity contribution in [3.63, 3.8) is 0 Å². The lowest BCUT2D eigenvalue weighted by Gasteiger charge is -2.21. The predicted molar refractivity (Wildman–Crippen MR) is 129 cm³/mol. The van der Waals surface area contributed by atoms with Gasteiger partial charge in [-0.1, -0.05) is 6.92 Å². The van der Waals surface area contributed by atoms with Crippen LogP contribution >= 0.6 is 15.9 Å². The average Bonchev–Trinajstić information content (AvgIpc) is 2.78. The number of methoxy groups -OCH3 is 1. The minimum atomic E-state index is -0.473. The van der Waals surface area contributed by atoms with E-state index < -0.39 is 5.91 Å². The Labute approximate surface area is 192 Å². The van der Waals surface area contributed by atoms with E-state index in [0.717, 1.165) is 25.2 Å². The summed E-state index contributed by atoms with van der Waals surface area (Å²) < 4.78 is 11.8. The quantitative estimate of drug-likeness (QED) is 0.348. The summed E-state index contributed by atoms with van der Waals surface area (Å²) in [4.78, 5) is 14.9. The van der Waals surface area contributed by atoms with Crippen LogP contribution in [-0.2, 0) is 4.79 Å². The highest BCUT2D eigenvalue weighted by Gasteiger charge is 2.14. The molecule has 1 amide bonds. The summed E-state index contributed by atoms with van der Waals surface area (Å²) in [5.74, 6) is 0.649. The van der Waals surface area contributed by atoms with E-state index in [-0.39, 0.29) is 5.57 Å². The number of nitriles is 1. The van der Waals surface area contributed by atoms with Gasteiger partial charge in [-0.2, -0.15) is 5.26 Å². The highest BCUT2D eigenvalue weighted by molar-refractivity contribution is 9.10. The molecule has 0 unspecified atom stereocenters. The molecular weight excluding hydrogens is 458 g/mol. The molecule has 0 aromatic heterocycles. The van der Waals surface area contributed by atoms with Crippen molar-refractivity contribution in [2.24, 2.45) is 0 Å². The second-order valence-electron chi connectivity index (χ2n) is 6.73. The molecule has 0 aliphatic carbocycles. The fourth-order valence-electron chi connectivity index (χ4n) is 3.03. The van der Waals surface area contributed by atoms with Crippen LogP contribution in [0, 0.1) is 11.3 Å². The number of nitrogens with zero attached hydrogens (tertiary/aromatic N) is 2. The average molecular weight is 486 g/mol. The SMILES string of the molecule is CCCOc1c(Br)cc(/C=C(/C#N)C(=O)Nc2ccc(N(CC)CC)cc2)cc1OC. The molecule has 0 spiro atoms. The number of ether oxygens (including phenoxy) is 2. The standard InChI is InChI=1S/C24H28BrN3O3/c1-5-12-31-23-21(25)14-17(15-22(23)30-4)13-18(16-26)24(29)27-19-8-10-20(11-9-19)28(6-2)7-3/h8-11,13-15H,5-7,12H2,1-4H3,(H,27,29)/b18-13-. The largest absolute Gasteiger partial charge is 0.493 e. The van der Waals surface area contributed by atoms with Gasteiger partial charge < -0.3 is 19.7 Å². The second kappa shape index (κ2) is 12.0. The number of amides is 1. The van der Waals surface area contributed by atoms with Crippen LogP contribution in [0.4, 0.5) is 11.4 Å². The van der Waals surface area contributed by atoms with Crippen molar-refractivity contribution >= 4 is 39.3 Å². The van der Waals surface area contributed by atoms with E-state index in [9.17, 15) is 10.1 Å². The number of carbonyl (C=O) groups is 1. The van der Waals surface area contributed by atoms with E-state index in [1.54, 1.807) is 19.2 Å². The third kappa shape index (κ3) is 6.50. The Kier molecular flexibility index (Phi) is 9.41. The number of rotatable bonds is 10. The Bertz CT molecular complexity index is 961. The second-order valence-corrected chi connectivity index (χ2v) is 7.58. The van der Waals surface area contributed by atoms with Crippen LogP contribution < -0.4 is 19.7 Å². The molecule has 0 aliphatic rings. The minimum Gasteiger partial charge on any atom is -0.493 e. The molecule has 2 aromatic rings. The molecule has 0 radical (unpaired) electrons. The predicted octanol–water partition coefficient (Wildman–Crippen LogP) is 5.64. The monoisotopic (exact) mass is 485 g/mol. The summed E-state index contributed by atoms with van der Waals surface area (Å²) in [6.45, 7) is 8.59. The number of anilines is 2. The van der Waals surface area contributed by atoms with Gasteiger partial charge in [0.15, 0.2) is 11.5 Å². The molecule has 0 fully saturated rings. The Balaban J connectivity index is 2.22. The zero-order valence-corrected chi connectivity index (χ0v) is 20.0. The first kappa shape index (κ1) is 24.3. The lowest BCUT2D eigenvalue weighted by molar-refractivity contribution is -0.112. The van der Waals surface area contributed by atoms with Crippen LogP contribution in [0.25, 0.3) is 6.08 Å². The van der Waals surface area contributed by atoms with Gasteiger partial charge in [0, 0.05) is 24.5 Å². The van der Waals surface area contributed by atoms with Gasteiger partial charge in [0.05, 0.1) is 18.2 Å². The molecular formula is C24H28BrN3O3. The summed E-state index contributed by atoms with van der Waals surface area (Å²) in [5, 5.41) is 12.3. The van der Waals surface area contributed by atoms with Crippen molar-refractivity contribution in [3.8, 4) is 17.6 Å². The Morgan fingerprint density at radius 2 is 1.87 bits per heavy atom. The molecule has 1 N–H and O–H groups in total. The maximum absolute atomic E-state index is 12.6. The zero-order chi connectivity index (χ0) is 22.8. The van der Waals surface area contributed by atoms with Gasteiger partial charge in [0.25, 0.3) is 5.91 Å². The van der Waals surface area contributed by atoms with Crippen molar-refractivity contribution in [1.82, 2.24) is 0 Å². The van der Waals surface area contributed by atoms with Gasteiger partial charge >= 0.3 is 0 Å². The molecule has 0 bridgehead atoms. The maximum atomic E-state index is 12.6. The third-order valence-electron chi connectivity index (χ3n) is 4.63. The summed E-state index contributed by atoms with van der Waals surface area (Å²) in [7, 11) is 1.55. The highest BCUT2D eigenvalue weighted by atomic mass is 79.9. The van der Waals surface area contributed by atoms with Crippen LogP contribution in [0.2, 0.25) is 0 Å². The summed E-state index contributed by atoms with van der Waals surface area (Å²) in [6.07, 6.45) is 2.39. The van der Waals surface area contributed by atoms with Crippen LogP contribution in [-0.4, -0.2) is 32.7 Å². The molecule has 2 rings (SSSR count). The van der Waals surface area contributed by atoms with Crippen molar-refractivity contribution in [1.29, 1.82) is 5.26 Å². The van der Waals surface area contributed by atoms with Crippen molar-refractivity contribution in [3.05, 3.63) is 52.0 Å². The van der Waals surface area contributed by atoms with Crippen LogP contribution in [0.3, 0.4) is 0 Å². The van der Waals surface area contributed by atoms with Crippen molar-refractivity contribution < 1.29 is 14.3 Å². The molecule has 0 aliphatic heterocycles. The highest BCUT2D eigenvalue weighted by Crippen LogP contribution is 2.37. The van der Waals surface area contributed by atoms with E-state index in [1.807, 2.05) is 37.3 Å². The Morgan fingerprint density at radius 1 is 1.19 bits per heavy atom. The Morgan fingerprint density at radius 3 is 2.42 bits per heavy atom. The molecule has 164 valence electrons. The molecule has 0 atom stereocenters. The van der Waals surface area contributed by atoms with Gasteiger partial charge in [-0.25, -0.2) is 0 Å². The maximum Gasteiger partial charge on any atom is 0.266 e. The van der Waals surface area contributed by atoms with Gasteiger partial charge in [-0.3, -0.25) is 4.79 Å². The number of nitrogens with one attached hydrogen (secondary N) is 1. The van der Waals surface area contributed by atoms with Crippen LogP contribution in [0.1, 0.15) is 32.8 Å². The number of hydrogen-bond acceptors (Lipinski definition) is 5. The number of hydrogen-bond donors (Lipinski definition) is 1. The lowest BCUT2D eigenvalue weighted by atomic mass is 10.1. The smallest absolute Gasteiger partial charge is 0.266 e. The van der Waals surface area contributed by atoms with Gasteiger partial charge in [-0.05, 0) is 84.2 Å². The van der Waals surface area contributed by atoms with Crippen LogP contribution in [0.15, 0.2) is 46.4 Å². The summed E-state index contributed by atoms with van der Waals surface area (Å²) >= 11 is 3.48. The molecule has 31 heavy (non-hydrogen) atoms. The first-order valence-electron chi connectivity index (χ1n) is 10.3. The summed E-state index contributed by atoms with van der Waals surface area (Å²) in [6, 6.07) is 13.1. The van der Waals surface area contributed by atoms with Gasteiger partial charge in [0.1, 0.15) is 11.6 Å². The fraction of sp³-hybridized carbons (Fsp3) is 0.333.